The molecule has 0 unspecified atom stereocenters. The Morgan fingerprint density at radius 3 is 2.79 bits per heavy atom. The van der Waals surface area contributed by atoms with Gasteiger partial charge in [0.2, 0.25) is 5.91 Å². The number of amides is 1. The molecule has 4 rings (SSSR count). The van der Waals surface area contributed by atoms with Crippen molar-refractivity contribution in [3.8, 4) is 6.07 Å². The SMILES string of the molecule is N#Cc1ccccc1N1CCC(CCC(=O)Nc2cccc3cc[nH]c23)CC1. The topological polar surface area (TPSA) is 71.9 Å². The zero-order chi connectivity index (χ0) is 19.3. The molecule has 0 saturated carbocycles. The van der Waals surface area contributed by atoms with E-state index in [-0.39, 0.29) is 5.91 Å². The quantitative estimate of drug-likeness (QED) is 0.683. The van der Waals surface area contributed by atoms with Crippen molar-refractivity contribution >= 4 is 28.2 Å². The normalized spacial score (nSPS) is 14.8. The molecule has 1 aliphatic rings. The molecule has 1 amide bonds. The summed E-state index contributed by atoms with van der Waals surface area (Å²) < 4.78 is 0. The average Bonchev–Trinajstić information content (AvgIpc) is 3.23. The lowest BCUT2D eigenvalue weighted by Crippen LogP contribution is -2.34. The highest BCUT2D eigenvalue weighted by Crippen LogP contribution is 2.28. The van der Waals surface area contributed by atoms with Gasteiger partial charge in [-0.3, -0.25) is 4.79 Å². The Bertz CT molecular complexity index is 1010. The number of nitriles is 1. The first kappa shape index (κ1) is 18.1. The first-order valence-electron chi connectivity index (χ1n) is 9.84. The Hall–Kier alpha value is -3.26. The number of H-pyrrole nitrogens is 1. The van der Waals surface area contributed by atoms with Crippen LogP contribution in [0.3, 0.4) is 0 Å². The van der Waals surface area contributed by atoms with Crippen LogP contribution in [-0.2, 0) is 4.79 Å². The van der Waals surface area contributed by atoms with E-state index in [1.807, 2.05) is 54.7 Å². The number of nitrogens with zero attached hydrogens (tertiary/aromatic N) is 2. The zero-order valence-electron chi connectivity index (χ0n) is 15.8. The molecule has 2 N–H and O–H groups in total. The fraction of sp³-hybridized carbons (Fsp3) is 0.304. The van der Waals surface area contributed by atoms with Gasteiger partial charge in [0, 0.05) is 31.1 Å². The number of para-hydroxylation sites is 2. The molecule has 3 aromatic rings. The van der Waals surface area contributed by atoms with E-state index in [1.165, 1.54) is 0 Å². The standard InChI is InChI=1S/C23H24N4O/c24-16-19-4-1-2-7-21(19)27-14-11-17(12-15-27)8-9-22(28)26-20-6-3-5-18-10-13-25-23(18)20/h1-7,10,13,17,25H,8-9,11-12,14-15H2,(H,26,28). The number of rotatable bonds is 5. The summed E-state index contributed by atoms with van der Waals surface area (Å²) in [4.78, 5) is 17.9. The number of aromatic amines is 1. The maximum atomic E-state index is 12.4. The van der Waals surface area contributed by atoms with Crippen LogP contribution in [0.5, 0.6) is 0 Å². The third kappa shape index (κ3) is 3.86. The van der Waals surface area contributed by atoms with Crippen LogP contribution < -0.4 is 10.2 Å². The lowest BCUT2D eigenvalue weighted by molar-refractivity contribution is -0.116. The first-order valence-corrected chi connectivity index (χ1v) is 9.84. The minimum absolute atomic E-state index is 0.0688. The highest BCUT2D eigenvalue weighted by molar-refractivity contribution is 6.00. The number of fused-ring (bicyclic) bond motifs is 1. The number of carbonyl (C=O) groups excluding carboxylic acids is 1. The molecule has 2 heterocycles. The molecule has 0 atom stereocenters. The molecule has 2 aromatic carbocycles. The van der Waals surface area contributed by atoms with Crippen molar-refractivity contribution in [3.63, 3.8) is 0 Å². The zero-order valence-corrected chi connectivity index (χ0v) is 15.8. The molecule has 5 nitrogen and oxygen atoms in total. The van der Waals surface area contributed by atoms with E-state index in [0.29, 0.717) is 12.3 Å². The van der Waals surface area contributed by atoms with Crippen molar-refractivity contribution < 1.29 is 4.79 Å². The Kier molecular flexibility index (Phi) is 5.29. The Labute approximate surface area is 165 Å². The van der Waals surface area contributed by atoms with E-state index < -0.39 is 0 Å². The van der Waals surface area contributed by atoms with E-state index in [2.05, 4.69) is 21.3 Å². The van der Waals surface area contributed by atoms with Crippen molar-refractivity contribution in [2.24, 2.45) is 5.92 Å². The fourth-order valence-electron chi connectivity index (χ4n) is 4.04. The van der Waals surface area contributed by atoms with E-state index >= 15 is 0 Å². The highest BCUT2D eigenvalue weighted by atomic mass is 16.1. The van der Waals surface area contributed by atoms with Gasteiger partial charge in [-0.05, 0) is 49.4 Å². The van der Waals surface area contributed by atoms with Crippen molar-refractivity contribution in [2.45, 2.75) is 25.7 Å². The second kappa shape index (κ2) is 8.18. The number of aromatic nitrogens is 1. The summed E-state index contributed by atoms with van der Waals surface area (Å²) in [6.45, 7) is 1.87. The predicted molar refractivity (Wildman–Crippen MR) is 112 cm³/mol. The van der Waals surface area contributed by atoms with Gasteiger partial charge < -0.3 is 15.2 Å². The number of hydrogen-bond donors (Lipinski definition) is 2. The van der Waals surface area contributed by atoms with Gasteiger partial charge in [-0.2, -0.15) is 5.26 Å². The van der Waals surface area contributed by atoms with Gasteiger partial charge in [-0.25, -0.2) is 0 Å². The van der Waals surface area contributed by atoms with Crippen LogP contribution in [0.15, 0.2) is 54.7 Å². The van der Waals surface area contributed by atoms with Gasteiger partial charge in [0.25, 0.3) is 0 Å². The fourth-order valence-corrected chi connectivity index (χ4v) is 4.04. The number of piperidine rings is 1. The molecule has 5 heteroatoms. The summed E-state index contributed by atoms with van der Waals surface area (Å²) in [5.74, 6) is 0.622. The molecule has 0 spiro atoms. The van der Waals surface area contributed by atoms with E-state index in [4.69, 9.17) is 0 Å². The van der Waals surface area contributed by atoms with Crippen LogP contribution in [-0.4, -0.2) is 24.0 Å². The second-order valence-corrected chi connectivity index (χ2v) is 7.39. The predicted octanol–water partition coefficient (Wildman–Crippen LogP) is 4.67. The molecule has 142 valence electrons. The smallest absolute Gasteiger partial charge is 0.224 e. The summed E-state index contributed by atoms with van der Waals surface area (Å²) in [5, 5.41) is 13.4. The van der Waals surface area contributed by atoms with Gasteiger partial charge in [0.1, 0.15) is 6.07 Å². The van der Waals surface area contributed by atoms with Gasteiger partial charge in [0.05, 0.1) is 22.5 Å². The van der Waals surface area contributed by atoms with Crippen LogP contribution in [0.25, 0.3) is 10.9 Å². The molecular formula is C23H24N4O. The summed E-state index contributed by atoms with van der Waals surface area (Å²) in [7, 11) is 0. The molecule has 1 fully saturated rings. The third-order valence-corrected chi connectivity index (χ3v) is 5.62. The number of hydrogen-bond acceptors (Lipinski definition) is 3. The maximum absolute atomic E-state index is 12.4. The minimum Gasteiger partial charge on any atom is -0.370 e. The van der Waals surface area contributed by atoms with Gasteiger partial charge in [-0.1, -0.05) is 24.3 Å². The molecule has 1 saturated heterocycles. The van der Waals surface area contributed by atoms with Crippen LogP contribution >= 0.6 is 0 Å². The minimum atomic E-state index is 0.0688. The average molecular weight is 372 g/mol. The van der Waals surface area contributed by atoms with Crippen molar-refractivity contribution in [1.82, 2.24) is 4.98 Å². The lowest BCUT2D eigenvalue weighted by atomic mass is 9.91. The Morgan fingerprint density at radius 1 is 1.14 bits per heavy atom. The van der Waals surface area contributed by atoms with Crippen LogP contribution in [0.1, 0.15) is 31.2 Å². The summed E-state index contributed by atoms with van der Waals surface area (Å²) in [5.41, 5.74) is 3.58. The first-order chi connectivity index (χ1) is 13.7. The van der Waals surface area contributed by atoms with Crippen molar-refractivity contribution in [3.05, 3.63) is 60.3 Å². The molecule has 28 heavy (non-hydrogen) atoms. The van der Waals surface area contributed by atoms with E-state index in [9.17, 15) is 10.1 Å². The largest absolute Gasteiger partial charge is 0.370 e. The summed E-state index contributed by atoms with van der Waals surface area (Å²) in [6, 6.07) is 18.0. The maximum Gasteiger partial charge on any atom is 0.224 e. The highest BCUT2D eigenvalue weighted by Gasteiger charge is 2.21. The second-order valence-electron chi connectivity index (χ2n) is 7.39. The number of nitrogens with one attached hydrogen (secondary N) is 2. The third-order valence-electron chi connectivity index (χ3n) is 5.62. The van der Waals surface area contributed by atoms with E-state index in [0.717, 1.165) is 60.2 Å². The van der Waals surface area contributed by atoms with Gasteiger partial charge in [-0.15, -0.1) is 0 Å². The van der Waals surface area contributed by atoms with Gasteiger partial charge >= 0.3 is 0 Å². The number of carbonyl (C=O) groups is 1. The van der Waals surface area contributed by atoms with Gasteiger partial charge in [0.15, 0.2) is 0 Å². The molecule has 0 aliphatic carbocycles. The lowest BCUT2D eigenvalue weighted by Gasteiger charge is -2.34. The number of benzene rings is 2. The van der Waals surface area contributed by atoms with Crippen LogP contribution in [0.2, 0.25) is 0 Å². The Balaban J connectivity index is 1.28. The Morgan fingerprint density at radius 2 is 1.96 bits per heavy atom. The number of anilines is 2. The van der Waals surface area contributed by atoms with Crippen LogP contribution in [0, 0.1) is 17.2 Å². The van der Waals surface area contributed by atoms with Crippen molar-refractivity contribution in [1.29, 1.82) is 5.26 Å². The van der Waals surface area contributed by atoms with Crippen molar-refractivity contribution in [2.75, 3.05) is 23.3 Å². The molecule has 0 radical (unpaired) electrons. The monoisotopic (exact) mass is 372 g/mol. The molecule has 1 aliphatic heterocycles. The molecule has 0 bridgehead atoms. The summed E-state index contributed by atoms with van der Waals surface area (Å²) in [6.07, 6.45) is 5.44. The summed E-state index contributed by atoms with van der Waals surface area (Å²) >= 11 is 0. The van der Waals surface area contributed by atoms with Crippen LogP contribution in [0.4, 0.5) is 11.4 Å². The molecular weight excluding hydrogens is 348 g/mol. The molecule has 1 aromatic heterocycles. The van der Waals surface area contributed by atoms with E-state index in [1.54, 1.807) is 0 Å².